The van der Waals surface area contributed by atoms with Crippen LogP contribution >= 0.6 is 11.3 Å². The molecule has 0 bridgehead atoms. The zero-order valence-electron chi connectivity index (χ0n) is 11.4. The van der Waals surface area contributed by atoms with Gasteiger partial charge in [0.25, 0.3) is 0 Å². The Bertz CT molecular complexity index is 825. The first-order chi connectivity index (χ1) is 10.3. The van der Waals surface area contributed by atoms with Gasteiger partial charge in [0, 0.05) is 0 Å². The van der Waals surface area contributed by atoms with Gasteiger partial charge in [-0.3, -0.25) is 5.43 Å². The van der Waals surface area contributed by atoms with Crippen molar-refractivity contribution in [2.45, 2.75) is 6.92 Å². The minimum Gasteiger partial charge on any atom is -0.277 e. The Morgan fingerprint density at radius 1 is 1.19 bits per heavy atom. The Morgan fingerprint density at radius 3 is 2.71 bits per heavy atom. The largest absolute Gasteiger partial charge is 0.277 e. The quantitative estimate of drug-likeness (QED) is 0.587. The lowest BCUT2D eigenvalue weighted by Crippen LogP contribution is -2.01. The van der Waals surface area contributed by atoms with Gasteiger partial charge in [-0.2, -0.15) is 10.4 Å². The lowest BCUT2D eigenvalue weighted by molar-refractivity contribution is 1.29. The molecule has 0 saturated carbocycles. The van der Waals surface area contributed by atoms with Crippen LogP contribution in [0.25, 0.3) is 10.2 Å². The molecular weight excluding hydrogens is 280 g/mol. The van der Waals surface area contributed by atoms with Crippen LogP contribution in [0.5, 0.6) is 0 Å². The Labute approximate surface area is 126 Å². The van der Waals surface area contributed by atoms with Crippen molar-refractivity contribution in [1.29, 1.82) is 5.26 Å². The molecule has 0 aliphatic rings. The Hall–Kier alpha value is -2.71. The van der Waals surface area contributed by atoms with Crippen molar-refractivity contribution < 1.29 is 0 Å². The van der Waals surface area contributed by atoms with E-state index in [4.69, 9.17) is 0 Å². The highest BCUT2D eigenvalue weighted by molar-refractivity contribution is 7.20. The van der Waals surface area contributed by atoms with Gasteiger partial charge in [0.2, 0.25) is 0 Å². The van der Waals surface area contributed by atoms with Crippen LogP contribution in [0.4, 0.5) is 5.69 Å². The van der Waals surface area contributed by atoms with E-state index >= 15 is 0 Å². The molecule has 0 unspecified atom stereocenters. The molecule has 1 aromatic heterocycles. The summed E-state index contributed by atoms with van der Waals surface area (Å²) in [6, 6.07) is 17.7. The number of aromatic nitrogens is 1. The van der Waals surface area contributed by atoms with Crippen molar-refractivity contribution in [1.82, 2.24) is 4.98 Å². The molecular formula is C16H12N4S. The fourth-order valence-electron chi connectivity index (χ4n) is 1.91. The fraction of sp³-hybridized carbons (Fsp3) is 0.0625. The number of benzene rings is 2. The summed E-state index contributed by atoms with van der Waals surface area (Å²) in [7, 11) is 0. The van der Waals surface area contributed by atoms with Crippen molar-refractivity contribution in [3.8, 4) is 6.07 Å². The third-order valence-electron chi connectivity index (χ3n) is 3.04. The molecule has 0 aliphatic carbocycles. The minimum atomic E-state index is 0.291. The first-order valence-electron chi connectivity index (χ1n) is 6.43. The lowest BCUT2D eigenvalue weighted by Gasteiger charge is -2.03. The Balaban J connectivity index is 1.93. The summed E-state index contributed by atoms with van der Waals surface area (Å²) in [5.74, 6) is 0. The second kappa shape index (κ2) is 5.73. The first-order valence-corrected chi connectivity index (χ1v) is 7.25. The number of nitrogens with one attached hydrogen (secondary N) is 1. The number of rotatable bonds is 3. The molecule has 21 heavy (non-hydrogen) atoms. The Kier molecular flexibility index (Phi) is 3.63. The van der Waals surface area contributed by atoms with Gasteiger partial charge in [-0.25, -0.2) is 4.98 Å². The summed E-state index contributed by atoms with van der Waals surface area (Å²) in [4.78, 5) is 4.44. The Morgan fingerprint density at radius 2 is 1.95 bits per heavy atom. The molecule has 1 heterocycles. The topological polar surface area (TPSA) is 61.1 Å². The maximum Gasteiger partial charge on any atom is 0.196 e. The van der Waals surface area contributed by atoms with E-state index in [9.17, 15) is 5.26 Å². The standard InChI is InChI=1S/C16H12N4S/c1-11-6-2-3-7-12(11)19-20-14(10-17)16-18-13-8-4-5-9-15(13)21-16/h2-9,19H,1H3/b20-14+. The molecule has 2 aromatic carbocycles. The summed E-state index contributed by atoms with van der Waals surface area (Å²) < 4.78 is 1.05. The summed E-state index contributed by atoms with van der Waals surface area (Å²) in [6.07, 6.45) is 0. The van der Waals surface area contributed by atoms with Gasteiger partial charge >= 0.3 is 0 Å². The maximum atomic E-state index is 9.30. The number of hydrogen-bond donors (Lipinski definition) is 1. The fourth-order valence-corrected chi connectivity index (χ4v) is 2.81. The second-order valence-electron chi connectivity index (χ2n) is 4.49. The molecule has 0 amide bonds. The molecule has 3 rings (SSSR count). The molecule has 0 spiro atoms. The van der Waals surface area contributed by atoms with Gasteiger partial charge in [0.1, 0.15) is 6.07 Å². The number of hydrazone groups is 1. The predicted molar refractivity (Wildman–Crippen MR) is 86.6 cm³/mol. The van der Waals surface area contributed by atoms with Crippen molar-refractivity contribution in [3.63, 3.8) is 0 Å². The smallest absolute Gasteiger partial charge is 0.196 e. The third-order valence-corrected chi connectivity index (χ3v) is 4.08. The number of aryl methyl sites for hydroxylation is 1. The van der Waals surface area contributed by atoms with Crippen LogP contribution in [0.1, 0.15) is 10.6 Å². The van der Waals surface area contributed by atoms with Gasteiger partial charge in [-0.05, 0) is 30.7 Å². The summed E-state index contributed by atoms with van der Waals surface area (Å²) in [5.41, 5.74) is 6.07. The number of anilines is 1. The molecule has 1 N–H and O–H groups in total. The van der Waals surface area contributed by atoms with Crippen LogP contribution in [0.15, 0.2) is 53.6 Å². The van der Waals surface area contributed by atoms with E-state index < -0.39 is 0 Å². The normalized spacial score (nSPS) is 11.3. The van der Waals surface area contributed by atoms with Gasteiger partial charge in [-0.1, -0.05) is 30.3 Å². The van der Waals surface area contributed by atoms with E-state index in [2.05, 4.69) is 21.6 Å². The predicted octanol–water partition coefficient (Wildman–Crippen LogP) is 3.94. The number of nitrogens with zero attached hydrogens (tertiary/aromatic N) is 3. The van der Waals surface area contributed by atoms with E-state index in [0.29, 0.717) is 10.7 Å². The zero-order valence-corrected chi connectivity index (χ0v) is 12.2. The maximum absolute atomic E-state index is 9.30. The molecule has 4 nitrogen and oxygen atoms in total. The van der Waals surface area contributed by atoms with E-state index in [1.807, 2.05) is 55.5 Å². The van der Waals surface area contributed by atoms with E-state index in [1.165, 1.54) is 11.3 Å². The highest BCUT2D eigenvalue weighted by Crippen LogP contribution is 2.22. The van der Waals surface area contributed by atoms with E-state index in [-0.39, 0.29) is 0 Å². The van der Waals surface area contributed by atoms with Gasteiger partial charge in [0.15, 0.2) is 10.7 Å². The molecule has 5 heteroatoms. The van der Waals surface area contributed by atoms with Gasteiger partial charge in [-0.15, -0.1) is 11.3 Å². The molecule has 0 radical (unpaired) electrons. The highest BCUT2D eigenvalue weighted by atomic mass is 32.1. The number of nitriles is 1. The minimum absolute atomic E-state index is 0.291. The second-order valence-corrected chi connectivity index (χ2v) is 5.52. The SMILES string of the molecule is Cc1ccccc1N/N=C(\C#N)c1nc2ccccc2s1. The van der Waals surface area contributed by atoms with Crippen LogP contribution in [0.3, 0.4) is 0 Å². The summed E-state index contributed by atoms with van der Waals surface area (Å²) >= 11 is 1.46. The van der Waals surface area contributed by atoms with Gasteiger partial charge in [0.05, 0.1) is 15.9 Å². The average Bonchev–Trinajstić information content (AvgIpc) is 2.93. The number of thiazole rings is 1. The van der Waals surface area contributed by atoms with E-state index in [1.54, 1.807) is 0 Å². The number of hydrogen-bond acceptors (Lipinski definition) is 5. The van der Waals surface area contributed by atoms with Crippen molar-refractivity contribution >= 4 is 33.0 Å². The van der Waals surface area contributed by atoms with Crippen LogP contribution < -0.4 is 5.43 Å². The number of para-hydroxylation sites is 2. The third kappa shape index (κ3) is 2.76. The van der Waals surface area contributed by atoms with Gasteiger partial charge < -0.3 is 0 Å². The highest BCUT2D eigenvalue weighted by Gasteiger charge is 2.10. The average molecular weight is 292 g/mol. The van der Waals surface area contributed by atoms with Crippen molar-refractivity contribution in [2.24, 2.45) is 5.10 Å². The van der Waals surface area contributed by atoms with E-state index in [0.717, 1.165) is 21.5 Å². The monoisotopic (exact) mass is 292 g/mol. The molecule has 0 saturated heterocycles. The number of fused-ring (bicyclic) bond motifs is 1. The lowest BCUT2D eigenvalue weighted by atomic mass is 10.2. The molecule has 0 aliphatic heterocycles. The van der Waals surface area contributed by atoms with Crippen LogP contribution in [-0.4, -0.2) is 10.7 Å². The molecule has 102 valence electrons. The molecule has 3 aromatic rings. The molecule has 0 fully saturated rings. The van der Waals surface area contributed by atoms with Crippen LogP contribution in [-0.2, 0) is 0 Å². The first kappa shape index (κ1) is 13.3. The van der Waals surface area contributed by atoms with Crippen molar-refractivity contribution in [2.75, 3.05) is 5.43 Å². The summed E-state index contributed by atoms with van der Waals surface area (Å²) in [6.45, 7) is 1.99. The zero-order chi connectivity index (χ0) is 14.7. The summed E-state index contributed by atoms with van der Waals surface area (Å²) in [5, 5.41) is 14.1. The van der Waals surface area contributed by atoms with Crippen LogP contribution in [0.2, 0.25) is 0 Å². The molecule has 0 atom stereocenters. The van der Waals surface area contributed by atoms with Crippen LogP contribution in [0, 0.1) is 18.3 Å². The van der Waals surface area contributed by atoms with Crippen molar-refractivity contribution in [3.05, 3.63) is 59.1 Å².